The van der Waals surface area contributed by atoms with E-state index in [4.69, 9.17) is 9.72 Å². The number of imidazole rings is 1. The maximum Gasteiger partial charge on any atom is 0.267 e. The number of rotatable bonds is 9. The van der Waals surface area contributed by atoms with E-state index < -0.39 is 5.41 Å². The molecule has 0 fully saturated rings. The van der Waals surface area contributed by atoms with Gasteiger partial charge in [0.25, 0.3) is 6.33 Å². The minimum absolute atomic E-state index is 0. The number of nitrogens with zero attached hydrogens (tertiary/aromatic N) is 4. The third kappa shape index (κ3) is 10.0. The van der Waals surface area contributed by atoms with E-state index in [1.807, 2.05) is 6.20 Å². The van der Waals surface area contributed by atoms with Crippen molar-refractivity contribution in [1.29, 1.82) is 0 Å². The molecule has 72 heavy (non-hydrogen) atoms. The van der Waals surface area contributed by atoms with Gasteiger partial charge in [-0.15, -0.1) is 29.8 Å². The molecule has 3 heterocycles. The first kappa shape index (κ1) is 52.3. The molecule has 0 amide bonds. The predicted molar refractivity (Wildman–Crippen MR) is 294 cm³/mol. The van der Waals surface area contributed by atoms with Crippen LogP contribution in [-0.2, 0) is 53.6 Å². The molecule has 0 radical (unpaired) electrons. The summed E-state index contributed by atoms with van der Waals surface area (Å²) >= 11 is 0. The molecule has 6 aromatic carbocycles. The van der Waals surface area contributed by atoms with Crippen LogP contribution >= 0.6 is 0 Å². The minimum Gasteiger partial charge on any atom is -0.510 e. The summed E-state index contributed by atoms with van der Waals surface area (Å²) in [6.45, 7) is 36.5. The predicted octanol–water partition coefficient (Wildman–Crippen LogP) is 16.3. The number of aromatic nitrogens is 4. The van der Waals surface area contributed by atoms with Crippen LogP contribution < -0.4 is 9.30 Å². The standard InChI is InChI=1S/C66H72N4O.Pt/c1-61(2,3)46-31-32-67-59(38-46)70-56-30-24-23-29-54(56)60-55(64(10,11)12)40-53(41-57(60)70)71-52-37-48(63(7,8)9)35-51(39-52)69-43-68(42-58(69)66(15,16)45-27-21-18-22-28-45)50-34-47(62(4,5)6)33-49(36-50)65(13,14)44-25-19-17-20-26-44;/h17-38,40,42H,1-16H3;/q-2;. The van der Waals surface area contributed by atoms with Crippen molar-refractivity contribution >= 4 is 21.8 Å². The Labute approximate surface area is 444 Å². The first-order valence-corrected chi connectivity index (χ1v) is 25.3. The van der Waals surface area contributed by atoms with Crippen molar-refractivity contribution in [1.82, 2.24) is 14.1 Å². The van der Waals surface area contributed by atoms with Gasteiger partial charge in [-0.05, 0) is 90.9 Å². The number of para-hydroxylation sites is 1. The van der Waals surface area contributed by atoms with E-state index in [9.17, 15) is 0 Å². The van der Waals surface area contributed by atoms with Gasteiger partial charge in [0, 0.05) is 61.3 Å². The molecule has 0 bridgehead atoms. The maximum absolute atomic E-state index is 7.16. The van der Waals surface area contributed by atoms with Gasteiger partial charge in [-0.25, -0.2) is 4.98 Å². The average molecular weight is 1130 g/mol. The number of benzene rings is 6. The second kappa shape index (κ2) is 18.8. The van der Waals surface area contributed by atoms with Crippen molar-refractivity contribution in [3.63, 3.8) is 0 Å². The van der Waals surface area contributed by atoms with Gasteiger partial charge >= 0.3 is 0 Å². The van der Waals surface area contributed by atoms with Crippen molar-refractivity contribution in [2.45, 2.75) is 143 Å². The van der Waals surface area contributed by atoms with Crippen molar-refractivity contribution in [2.24, 2.45) is 0 Å². The molecule has 0 atom stereocenters. The molecule has 0 spiro atoms. The van der Waals surface area contributed by atoms with E-state index in [1.165, 1.54) is 33.4 Å². The van der Waals surface area contributed by atoms with Gasteiger partial charge in [0.1, 0.15) is 5.82 Å². The van der Waals surface area contributed by atoms with Crippen LogP contribution in [0.15, 0.2) is 146 Å². The van der Waals surface area contributed by atoms with Crippen LogP contribution in [0, 0.1) is 18.5 Å². The second-order valence-electron chi connectivity index (χ2n) is 24.8. The third-order valence-electron chi connectivity index (χ3n) is 14.6. The zero-order valence-corrected chi connectivity index (χ0v) is 47.6. The molecule has 0 unspecified atom stereocenters. The fourth-order valence-electron chi connectivity index (χ4n) is 9.83. The van der Waals surface area contributed by atoms with Crippen LogP contribution in [0.3, 0.4) is 0 Å². The van der Waals surface area contributed by atoms with Crippen LogP contribution in [0.4, 0.5) is 0 Å². The van der Waals surface area contributed by atoms with Gasteiger partial charge in [0.05, 0.1) is 11.4 Å². The number of fused-ring (bicyclic) bond motifs is 3. The minimum atomic E-state index is -0.435. The summed E-state index contributed by atoms with van der Waals surface area (Å²) < 4.78 is 13.8. The Morgan fingerprint density at radius 1 is 0.500 bits per heavy atom. The summed E-state index contributed by atoms with van der Waals surface area (Å²) in [7, 11) is 0. The first-order valence-electron chi connectivity index (χ1n) is 25.3. The van der Waals surface area contributed by atoms with E-state index in [2.05, 4.69) is 283 Å². The van der Waals surface area contributed by atoms with Crippen LogP contribution in [0.5, 0.6) is 11.5 Å². The summed E-state index contributed by atoms with van der Waals surface area (Å²) in [5.41, 5.74) is 12.2. The smallest absolute Gasteiger partial charge is 0.267 e. The van der Waals surface area contributed by atoms with E-state index in [-0.39, 0.29) is 48.1 Å². The van der Waals surface area contributed by atoms with Crippen LogP contribution in [0.25, 0.3) is 39.0 Å². The summed E-state index contributed by atoms with van der Waals surface area (Å²) in [6, 6.07) is 55.9. The first-order chi connectivity index (χ1) is 33.2. The molecule has 9 aromatic rings. The van der Waals surface area contributed by atoms with Gasteiger partial charge in [-0.3, -0.25) is 4.57 Å². The summed E-state index contributed by atoms with van der Waals surface area (Å²) in [6.07, 6.45) is 8.09. The molecule has 0 aliphatic rings. The van der Waals surface area contributed by atoms with Gasteiger partial charge in [0.15, 0.2) is 0 Å². The van der Waals surface area contributed by atoms with Gasteiger partial charge in [-0.2, -0.15) is 11.6 Å². The van der Waals surface area contributed by atoms with Crippen LogP contribution in [0.1, 0.15) is 155 Å². The monoisotopic (exact) mass is 1130 g/mol. The molecule has 0 saturated carbocycles. The fourth-order valence-corrected chi connectivity index (χ4v) is 9.83. The number of pyridine rings is 1. The van der Waals surface area contributed by atoms with E-state index >= 15 is 0 Å². The SMILES string of the molecule is CC(C)(C)c1cc(Oc2[c-]c3c(c(C(C)(C)C)c2)c2ccccc2n3-c2cc(C(C)(C)C)ccn2)[c-]c(-n2[c-][n+](-c3cc(C(C)(C)C)cc(C(C)(C)c4ccccc4)c3)cc2C(C)(C)c2ccccc2)c1.[Pt]. The largest absolute Gasteiger partial charge is 0.510 e. The fraction of sp³-hybridized carbons (Fsp3) is 0.333. The molecule has 0 N–H and O–H groups in total. The van der Waals surface area contributed by atoms with E-state index in [0.29, 0.717) is 11.5 Å². The van der Waals surface area contributed by atoms with Crippen molar-refractivity contribution in [2.75, 3.05) is 0 Å². The molecule has 5 nitrogen and oxygen atoms in total. The summed E-state index contributed by atoms with van der Waals surface area (Å²) in [4.78, 5) is 4.99. The molecule has 0 saturated heterocycles. The summed E-state index contributed by atoms with van der Waals surface area (Å²) in [5.74, 6) is 2.09. The molecule has 0 aliphatic carbocycles. The molecular formula is C66H72N4OPt-2. The third-order valence-corrected chi connectivity index (χ3v) is 14.6. The molecule has 0 aliphatic heterocycles. The van der Waals surface area contributed by atoms with Gasteiger partial charge in [0.2, 0.25) is 0 Å². The second-order valence-corrected chi connectivity index (χ2v) is 24.8. The average Bonchev–Trinajstić information content (AvgIpc) is 3.92. The van der Waals surface area contributed by atoms with Crippen molar-refractivity contribution in [3.05, 3.63) is 209 Å². The Bertz CT molecular complexity index is 3420. The zero-order valence-electron chi connectivity index (χ0n) is 45.4. The van der Waals surface area contributed by atoms with Crippen molar-refractivity contribution in [3.8, 4) is 28.7 Å². The zero-order chi connectivity index (χ0) is 51.1. The van der Waals surface area contributed by atoms with Crippen LogP contribution in [0.2, 0.25) is 0 Å². The molecule has 374 valence electrons. The Balaban J connectivity index is 0.00000693. The van der Waals surface area contributed by atoms with Crippen LogP contribution in [-0.4, -0.2) is 14.1 Å². The number of hydrogen-bond donors (Lipinski definition) is 0. The molecular weight excluding hydrogens is 1060 g/mol. The Morgan fingerprint density at radius 3 is 1.67 bits per heavy atom. The molecule has 9 rings (SSSR count). The molecule has 6 heteroatoms. The Hall–Kier alpha value is -6.03. The number of hydrogen-bond acceptors (Lipinski definition) is 2. The van der Waals surface area contributed by atoms with Crippen molar-refractivity contribution < 1.29 is 30.4 Å². The summed E-state index contributed by atoms with van der Waals surface area (Å²) in [5, 5.41) is 2.32. The Morgan fingerprint density at radius 2 is 1.06 bits per heavy atom. The molecule has 3 aromatic heterocycles. The quantitative estimate of drug-likeness (QED) is 0.107. The van der Waals surface area contributed by atoms with Gasteiger partial charge in [-0.1, -0.05) is 207 Å². The number of ether oxygens (including phenoxy) is 1. The topological polar surface area (TPSA) is 35.9 Å². The maximum atomic E-state index is 7.16. The Kier molecular flexibility index (Phi) is 13.6. The normalized spacial score (nSPS) is 12.9. The van der Waals surface area contributed by atoms with Gasteiger partial charge < -0.3 is 13.9 Å². The van der Waals surface area contributed by atoms with E-state index in [0.717, 1.165) is 50.3 Å². The van der Waals surface area contributed by atoms with E-state index in [1.54, 1.807) is 0 Å².